The van der Waals surface area contributed by atoms with E-state index in [0.717, 1.165) is 4.57 Å². The fourth-order valence-electron chi connectivity index (χ4n) is 3.11. The molecule has 0 radical (unpaired) electrons. The third-order valence-electron chi connectivity index (χ3n) is 4.54. The van der Waals surface area contributed by atoms with E-state index in [1.165, 1.54) is 19.1 Å². The monoisotopic (exact) mass is 361 g/mol. The lowest BCUT2D eigenvalue weighted by Crippen LogP contribution is -2.86. The lowest BCUT2D eigenvalue weighted by atomic mass is 9.84. The molecule has 12 nitrogen and oxygen atoms in total. The average Bonchev–Trinajstić information content (AvgIpc) is 2.51. The van der Waals surface area contributed by atoms with Gasteiger partial charge in [0.1, 0.15) is 5.82 Å². The summed E-state index contributed by atoms with van der Waals surface area (Å²) in [6.45, 7) is 1.43. The Hall–Kier alpha value is -3.06. The number of hydrogen-bond donors (Lipinski definition) is 7. The molecular formula is C14H19N9O3. The van der Waals surface area contributed by atoms with Crippen LogP contribution in [0.1, 0.15) is 5.82 Å². The van der Waals surface area contributed by atoms with Crippen LogP contribution >= 0.6 is 0 Å². The van der Waals surface area contributed by atoms with Crippen LogP contribution in [-0.2, 0) is 15.3 Å². The van der Waals surface area contributed by atoms with Crippen LogP contribution in [0.3, 0.4) is 0 Å². The van der Waals surface area contributed by atoms with E-state index in [1.807, 2.05) is 5.32 Å². The Bertz CT molecular complexity index is 1030. The van der Waals surface area contributed by atoms with Crippen molar-refractivity contribution >= 4 is 34.1 Å². The fourth-order valence-corrected chi connectivity index (χ4v) is 3.11. The van der Waals surface area contributed by atoms with Gasteiger partial charge in [-0.25, -0.2) is 4.98 Å². The Morgan fingerprint density at radius 1 is 1.12 bits per heavy atom. The van der Waals surface area contributed by atoms with Gasteiger partial charge in [-0.15, -0.1) is 0 Å². The summed E-state index contributed by atoms with van der Waals surface area (Å²) < 4.78 is 0.836. The molecule has 12 heteroatoms. The van der Waals surface area contributed by atoms with Crippen molar-refractivity contribution in [2.24, 2.45) is 22.9 Å². The Morgan fingerprint density at radius 2 is 1.73 bits per heavy atom. The Labute approximate surface area is 146 Å². The number of amides is 2. The van der Waals surface area contributed by atoms with Gasteiger partial charge in [0.05, 0.1) is 16.9 Å². The molecule has 13 N–H and O–H groups in total. The SMILES string of the molecule is Cc1nc2cc(N)cc(N)c2c(=O)n1C1(N)C(=O)NC(=O)C(N)(N)C1N. The molecule has 26 heavy (non-hydrogen) atoms. The van der Waals surface area contributed by atoms with Gasteiger partial charge in [-0.1, -0.05) is 0 Å². The Kier molecular flexibility index (Phi) is 3.56. The number of nitrogens with two attached hydrogens (primary N) is 6. The highest BCUT2D eigenvalue weighted by molar-refractivity contribution is 6.07. The molecule has 1 aromatic heterocycles. The van der Waals surface area contributed by atoms with Crippen molar-refractivity contribution in [1.82, 2.24) is 14.9 Å². The van der Waals surface area contributed by atoms with Crippen LogP contribution in [0.2, 0.25) is 0 Å². The van der Waals surface area contributed by atoms with E-state index in [1.54, 1.807) is 0 Å². The number of fused-ring (bicyclic) bond motifs is 1. The largest absolute Gasteiger partial charge is 0.399 e. The maximum atomic E-state index is 13.1. The zero-order valence-electron chi connectivity index (χ0n) is 13.8. The van der Waals surface area contributed by atoms with E-state index in [4.69, 9.17) is 34.4 Å². The van der Waals surface area contributed by atoms with Gasteiger partial charge in [0.15, 0.2) is 11.3 Å². The van der Waals surface area contributed by atoms with Crippen LogP contribution in [0.15, 0.2) is 16.9 Å². The lowest BCUT2D eigenvalue weighted by molar-refractivity contribution is -0.147. The van der Waals surface area contributed by atoms with Crippen LogP contribution in [0.5, 0.6) is 0 Å². The number of carbonyl (C=O) groups is 2. The summed E-state index contributed by atoms with van der Waals surface area (Å²) in [6.07, 6.45) is 0. The molecule has 2 heterocycles. The summed E-state index contributed by atoms with van der Waals surface area (Å²) in [5.41, 5.74) is 30.6. The highest BCUT2D eigenvalue weighted by Crippen LogP contribution is 2.26. The first kappa shape index (κ1) is 17.8. The summed E-state index contributed by atoms with van der Waals surface area (Å²) >= 11 is 0. The zero-order chi connectivity index (χ0) is 19.6. The predicted molar refractivity (Wildman–Crippen MR) is 94.0 cm³/mol. The van der Waals surface area contributed by atoms with E-state index >= 15 is 0 Å². The maximum absolute atomic E-state index is 13.1. The van der Waals surface area contributed by atoms with Gasteiger partial charge in [0.2, 0.25) is 0 Å². The summed E-state index contributed by atoms with van der Waals surface area (Å²) in [7, 11) is 0. The summed E-state index contributed by atoms with van der Waals surface area (Å²) in [5, 5.41) is 1.94. The number of anilines is 2. The summed E-state index contributed by atoms with van der Waals surface area (Å²) in [4.78, 5) is 41.7. The molecule has 1 aliphatic heterocycles. The highest BCUT2D eigenvalue weighted by atomic mass is 16.2. The molecule has 0 saturated carbocycles. The minimum Gasteiger partial charge on any atom is -0.399 e. The van der Waals surface area contributed by atoms with Crippen molar-refractivity contribution in [2.45, 2.75) is 24.3 Å². The number of piperidine rings is 1. The molecular weight excluding hydrogens is 342 g/mol. The Balaban J connectivity index is 2.39. The first-order valence-corrected chi connectivity index (χ1v) is 7.49. The number of benzene rings is 1. The van der Waals surface area contributed by atoms with Crippen LogP contribution in [0, 0.1) is 6.92 Å². The third kappa shape index (κ3) is 2.10. The first-order chi connectivity index (χ1) is 11.9. The molecule has 0 spiro atoms. The van der Waals surface area contributed by atoms with Gasteiger partial charge in [-0.3, -0.25) is 30.0 Å². The molecule has 2 aromatic rings. The van der Waals surface area contributed by atoms with Gasteiger partial charge in [-0.2, -0.15) is 0 Å². The molecule has 2 amide bonds. The fraction of sp³-hybridized carbons (Fsp3) is 0.286. The number of imide groups is 1. The van der Waals surface area contributed by atoms with Gasteiger partial charge in [0.25, 0.3) is 17.4 Å². The second kappa shape index (κ2) is 5.22. The van der Waals surface area contributed by atoms with Gasteiger partial charge in [-0.05, 0) is 19.1 Å². The van der Waals surface area contributed by atoms with Crippen LogP contribution in [0.4, 0.5) is 11.4 Å². The number of nitrogens with one attached hydrogen (secondary N) is 1. The van der Waals surface area contributed by atoms with Gasteiger partial charge < -0.3 is 28.7 Å². The maximum Gasteiger partial charge on any atom is 0.269 e. The molecule has 2 unspecified atom stereocenters. The van der Waals surface area contributed by atoms with E-state index in [0.29, 0.717) is 5.69 Å². The highest BCUT2D eigenvalue weighted by Gasteiger charge is 2.59. The van der Waals surface area contributed by atoms with Crippen LogP contribution in [-0.4, -0.2) is 33.1 Å². The summed E-state index contributed by atoms with van der Waals surface area (Å²) in [6, 6.07) is 1.20. The topological polar surface area (TPSA) is 237 Å². The number of hydrogen-bond acceptors (Lipinski definition) is 10. The zero-order valence-corrected chi connectivity index (χ0v) is 13.8. The number of rotatable bonds is 1. The van der Waals surface area contributed by atoms with Crippen LogP contribution in [0.25, 0.3) is 10.9 Å². The van der Waals surface area contributed by atoms with Gasteiger partial charge in [0, 0.05) is 11.4 Å². The quantitative estimate of drug-likeness (QED) is 0.148. The number of nitrogens with zero attached hydrogens (tertiary/aromatic N) is 2. The molecule has 0 bridgehead atoms. The lowest BCUT2D eigenvalue weighted by Gasteiger charge is -2.46. The molecule has 138 valence electrons. The smallest absolute Gasteiger partial charge is 0.269 e. The first-order valence-electron chi connectivity index (χ1n) is 7.49. The van der Waals surface area contributed by atoms with Crippen molar-refractivity contribution in [3.8, 4) is 0 Å². The summed E-state index contributed by atoms with van der Waals surface area (Å²) in [5.74, 6) is -2.02. The van der Waals surface area contributed by atoms with Crippen molar-refractivity contribution < 1.29 is 9.59 Å². The third-order valence-corrected chi connectivity index (χ3v) is 4.54. The molecule has 1 aliphatic rings. The van der Waals surface area contributed by atoms with Crippen LogP contribution < -0.4 is 45.3 Å². The number of nitrogen functional groups attached to an aromatic ring is 2. The molecule has 1 fully saturated rings. The predicted octanol–water partition coefficient (Wildman–Crippen LogP) is -3.92. The molecule has 2 atom stereocenters. The van der Waals surface area contributed by atoms with E-state index in [-0.39, 0.29) is 22.4 Å². The van der Waals surface area contributed by atoms with E-state index < -0.39 is 34.7 Å². The standard InChI is InChI=1S/C14H19N9O3/c1-4-21-7-3-5(15)2-6(16)8(7)9(24)23(4)14(20)10(17)13(18,19)11(25)22-12(14)26/h2-3,10H,15-20H2,1H3,(H,22,25,26). The number of carbonyl (C=O) groups excluding carboxylic acids is 2. The number of aryl methyl sites for hydroxylation is 1. The minimum atomic E-state index is -2.27. The second-order valence-corrected chi connectivity index (χ2v) is 6.32. The normalized spacial score (nSPS) is 25.3. The van der Waals surface area contributed by atoms with Crippen molar-refractivity contribution in [2.75, 3.05) is 11.5 Å². The van der Waals surface area contributed by atoms with Gasteiger partial charge >= 0.3 is 0 Å². The molecule has 3 rings (SSSR count). The molecule has 0 aliphatic carbocycles. The van der Waals surface area contributed by atoms with Crippen molar-refractivity contribution in [3.05, 3.63) is 28.3 Å². The average molecular weight is 361 g/mol. The second-order valence-electron chi connectivity index (χ2n) is 6.32. The van der Waals surface area contributed by atoms with Crippen molar-refractivity contribution in [3.63, 3.8) is 0 Å². The molecule has 1 aromatic carbocycles. The van der Waals surface area contributed by atoms with Crippen molar-refractivity contribution in [1.29, 1.82) is 0 Å². The van der Waals surface area contributed by atoms with E-state index in [9.17, 15) is 14.4 Å². The Morgan fingerprint density at radius 3 is 2.35 bits per heavy atom. The molecule has 1 saturated heterocycles. The number of aromatic nitrogens is 2. The van der Waals surface area contributed by atoms with E-state index in [2.05, 4.69) is 4.98 Å². The minimum absolute atomic E-state index is 0.00818.